The van der Waals surface area contributed by atoms with E-state index in [1.807, 2.05) is 36.5 Å². The SMILES string of the molecule is c1ccc(N(c2ccccc2)c2cccc(-c3ccccn3)c2)cc1. The molecule has 0 unspecified atom stereocenters. The molecule has 0 fully saturated rings. The monoisotopic (exact) mass is 322 g/mol. The molecule has 0 spiro atoms. The first-order valence-corrected chi connectivity index (χ1v) is 8.33. The van der Waals surface area contributed by atoms with Crippen LogP contribution in [0, 0.1) is 0 Å². The van der Waals surface area contributed by atoms with Crippen molar-refractivity contribution >= 4 is 17.1 Å². The van der Waals surface area contributed by atoms with Gasteiger partial charge in [-0.3, -0.25) is 4.98 Å². The Balaban J connectivity index is 1.83. The van der Waals surface area contributed by atoms with Gasteiger partial charge in [-0.25, -0.2) is 0 Å². The van der Waals surface area contributed by atoms with Gasteiger partial charge in [-0.05, 0) is 48.5 Å². The highest BCUT2D eigenvalue weighted by molar-refractivity contribution is 5.79. The van der Waals surface area contributed by atoms with Crippen molar-refractivity contribution in [2.75, 3.05) is 4.90 Å². The van der Waals surface area contributed by atoms with Crippen LogP contribution in [-0.4, -0.2) is 4.98 Å². The second-order valence-electron chi connectivity index (χ2n) is 5.77. The Morgan fingerprint density at radius 1 is 0.520 bits per heavy atom. The van der Waals surface area contributed by atoms with Crippen molar-refractivity contribution in [2.45, 2.75) is 0 Å². The van der Waals surface area contributed by atoms with Gasteiger partial charge in [-0.1, -0.05) is 54.6 Å². The number of pyridine rings is 1. The second-order valence-corrected chi connectivity index (χ2v) is 5.77. The number of anilines is 3. The minimum atomic E-state index is 0.977. The van der Waals surface area contributed by atoms with E-state index in [2.05, 4.69) is 82.7 Å². The molecule has 120 valence electrons. The summed E-state index contributed by atoms with van der Waals surface area (Å²) < 4.78 is 0. The Morgan fingerprint density at radius 3 is 1.72 bits per heavy atom. The molecular formula is C23H18N2. The van der Waals surface area contributed by atoms with Gasteiger partial charge in [0.25, 0.3) is 0 Å². The lowest BCUT2D eigenvalue weighted by atomic mass is 10.1. The predicted molar refractivity (Wildman–Crippen MR) is 104 cm³/mol. The van der Waals surface area contributed by atoms with E-state index in [1.165, 1.54) is 0 Å². The third kappa shape index (κ3) is 3.29. The van der Waals surface area contributed by atoms with Gasteiger partial charge in [0.15, 0.2) is 0 Å². The number of rotatable bonds is 4. The number of para-hydroxylation sites is 2. The summed E-state index contributed by atoms with van der Waals surface area (Å²) in [6.45, 7) is 0. The molecule has 0 saturated carbocycles. The quantitative estimate of drug-likeness (QED) is 0.443. The summed E-state index contributed by atoms with van der Waals surface area (Å²) in [6.07, 6.45) is 1.83. The zero-order valence-electron chi connectivity index (χ0n) is 13.8. The number of benzene rings is 3. The number of aromatic nitrogens is 1. The van der Waals surface area contributed by atoms with Crippen LogP contribution in [0.25, 0.3) is 11.3 Å². The molecule has 3 aromatic carbocycles. The van der Waals surface area contributed by atoms with E-state index in [0.29, 0.717) is 0 Å². The molecule has 0 radical (unpaired) electrons. The van der Waals surface area contributed by atoms with Crippen molar-refractivity contribution in [1.82, 2.24) is 4.98 Å². The zero-order valence-corrected chi connectivity index (χ0v) is 13.8. The third-order valence-electron chi connectivity index (χ3n) is 4.09. The summed E-state index contributed by atoms with van der Waals surface area (Å²) in [5, 5.41) is 0. The highest BCUT2D eigenvalue weighted by atomic mass is 15.1. The lowest BCUT2D eigenvalue weighted by Crippen LogP contribution is -2.09. The van der Waals surface area contributed by atoms with E-state index in [4.69, 9.17) is 0 Å². The first-order valence-electron chi connectivity index (χ1n) is 8.33. The lowest BCUT2D eigenvalue weighted by Gasteiger charge is -2.25. The van der Waals surface area contributed by atoms with E-state index in [9.17, 15) is 0 Å². The summed E-state index contributed by atoms with van der Waals surface area (Å²) in [6, 6.07) is 35.3. The normalized spacial score (nSPS) is 10.4. The van der Waals surface area contributed by atoms with Gasteiger partial charge in [0.2, 0.25) is 0 Å². The van der Waals surface area contributed by atoms with Crippen molar-refractivity contribution in [3.8, 4) is 11.3 Å². The molecule has 25 heavy (non-hydrogen) atoms. The molecular weight excluding hydrogens is 304 g/mol. The Kier molecular flexibility index (Phi) is 4.25. The number of nitrogens with zero attached hydrogens (tertiary/aromatic N) is 2. The largest absolute Gasteiger partial charge is 0.310 e. The fourth-order valence-electron chi connectivity index (χ4n) is 2.94. The Hall–Kier alpha value is -3.39. The fraction of sp³-hybridized carbons (Fsp3) is 0. The first kappa shape index (κ1) is 15.2. The van der Waals surface area contributed by atoms with Gasteiger partial charge in [0.05, 0.1) is 5.69 Å². The minimum Gasteiger partial charge on any atom is -0.310 e. The predicted octanol–water partition coefficient (Wildman–Crippen LogP) is 6.22. The van der Waals surface area contributed by atoms with Crippen LogP contribution in [0.4, 0.5) is 17.1 Å². The molecule has 1 heterocycles. The first-order chi connectivity index (χ1) is 12.4. The van der Waals surface area contributed by atoms with Crippen molar-refractivity contribution in [3.05, 3.63) is 109 Å². The summed E-state index contributed by atoms with van der Waals surface area (Å²) in [5.74, 6) is 0. The molecule has 4 aromatic rings. The van der Waals surface area contributed by atoms with Crippen molar-refractivity contribution in [3.63, 3.8) is 0 Å². The molecule has 0 aliphatic carbocycles. The zero-order chi connectivity index (χ0) is 16.9. The maximum atomic E-state index is 4.48. The van der Waals surface area contributed by atoms with Crippen LogP contribution in [0.15, 0.2) is 109 Å². The molecule has 0 aliphatic rings. The lowest BCUT2D eigenvalue weighted by molar-refractivity contribution is 1.27. The Labute approximate surface area is 148 Å². The van der Waals surface area contributed by atoms with E-state index in [1.54, 1.807) is 0 Å². The van der Waals surface area contributed by atoms with Gasteiger partial charge in [-0.15, -0.1) is 0 Å². The van der Waals surface area contributed by atoms with Gasteiger partial charge in [0.1, 0.15) is 0 Å². The summed E-state index contributed by atoms with van der Waals surface area (Å²) in [7, 11) is 0. The molecule has 4 rings (SSSR count). The maximum absolute atomic E-state index is 4.48. The van der Waals surface area contributed by atoms with Crippen LogP contribution in [0.2, 0.25) is 0 Å². The second kappa shape index (κ2) is 7.02. The molecule has 2 nitrogen and oxygen atoms in total. The van der Waals surface area contributed by atoms with Crippen LogP contribution in [-0.2, 0) is 0 Å². The Bertz CT molecular complexity index is 896. The molecule has 0 aliphatic heterocycles. The summed E-state index contributed by atoms with van der Waals surface area (Å²) in [5.41, 5.74) is 5.46. The summed E-state index contributed by atoms with van der Waals surface area (Å²) >= 11 is 0. The molecule has 0 atom stereocenters. The van der Waals surface area contributed by atoms with E-state index < -0.39 is 0 Å². The number of hydrogen-bond donors (Lipinski definition) is 0. The topological polar surface area (TPSA) is 16.1 Å². The molecule has 0 saturated heterocycles. The third-order valence-corrected chi connectivity index (χ3v) is 4.09. The smallest absolute Gasteiger partial charge is 0.0702 e. The molecule has 0 N–H and O–H groups in total. The highest BCUT2D eigenvalue weighted by Gasteiger charge is 2.12. The van der Waals surface area contributed by atoms with Crippen LogP contribution in [0.5, 0.6) is 0 Å². The van der Waals surface area contributed by atoms with E-state index >= 15 is 0 Å². The molecule has 2 heteroatoms. The van der Waals surface area contributed by atoms with E-state index in [0.717, 1.165) is 28.3 Å². The Morgan fingerprint density at radius 2 is 1.12 bits per heavy atom. The van der Waals surface area contributed by atoms with Crippen LogP contribution >= 0.6 is 0 Å². The molecule has 1 aromatic heterocycles. The summed E-state index contributed by atoms with van der Waals surface area (Å²) in [4.78, 5) is 6.73. The highest BCUT2D eigenvalue weighted by Crippen LogP contribution is 2.35. The standard InChI is InChI=1S/C23H18N2/c1-3-11-20(12-4-1)25(21-13-5-2-6-14-21)22-15-9-10-19(18-22)23-16-7-8-17-24-23/h1-18H. The van der Waals surface area contributed by atoms with Crippen LogP contribution in [0.1, 0.15) is 0 Å². The van der Waals surface area contributed by atoms with Gasteiger partial charge >= 0.3 is 0 Å². The van der Waals surface area contributed by atoms with Crippen molar-refractivity contribution < 1.29 is 0 Å². The fourth-order valence-corrected chi connectivity index (χ4v) is 2.94. The van der Waals surface area contributed by atoms with Crippen LogP contribution < -0.4 is 4.90 Å². The van der Waals surface area contributed by atoms with Gasteiger partial charge in [-0.2, -0.15) is 0 Å². The molecule has 0 bridgehead atoms. The molecule has 0 amide bonds. The van der Waals surface area contributed by atoms with Crippen LogP contribution in [0.3, 0.4) is 0 Å². The van der Waals surface area contributed by atoms with E-state index in [-0.39, 0.29) is 0 Å². The van der Waals surface area contributed by atoms with Crippen molar-refractivity contribution in [1.29, 1.82) is 0 Å². The average molecular weight is 322 g/mol. The van der Waals surface area contributed by atoms with Gasteiger partial charge < -0.3 is 4.90 Å². The van der Waals surface area contributed by atoms with Crippen molar-refractivity contribution in [2.24, 2.45) is 0 Å². The average Bonchev–Trinajstić information content (AvgIpc) is 2.71. The minimum absolute atomic E-state index is 0.977. The maximum Gasteiger partial charge on any atom is 0.0702 e. The number of hydrogen-bond acceptors (Lipinski definition) is 2. The van der Waals surface area contributed by atoms with Gasteiger partial charge in [0, 0.05) is 28.8 Å².